The summed E-state index contributed by atoms with van der Waals surface area (Å²) >= 11 is 0. The van der Waals surface area contributed by atoms with E-state index in [0.717, 1.165) is 0 Å². The molecule has 132 valence electrons. The largest absolute Gasteiger partial charge is 0.495 e. The number of anilines is 1. The van der Waals surface area contributed by atoms with Crippen LogP contribution in [-0.4, -0.2) is 56.3 Å². The first kappa shape index (κ1) is 18.3. The molecule has 0 aromatic heterocycles. The third-order valence-electron chi connectivity index (χ3n) is 4.00. The monoisotopic (exact) mass is 354 g/mol. The highest BCUT2D eigenvalue weighted by Crippen LogP contribution is 2.23. The molecule has 0 saturated carbocycles. The lowest BCUT2D eigenvalue weighted by atomic mass is 10.2. The molecule has 1 aromatic carbocycles. The molecule has 1 aliphatic heterocycles. The van der Waals surface area contributed by atoms with Gasteiger partial charge in [-0.3, -0.25) is 9.59 Å². The lowest BCUT2D eigenvalue weighted by Gasteiger charge is -2.26. The lowest BCUT2D eigenvalue weighted by Crippen LogP contribution is -2.42. The fourth-order valence-electron chi connectivity index (χ4n) is 2.84. The molecule has 1 saturated heterocycles. The van der Waals surface area contributed by atoms with Crippen molar-refractivity contribution in [2.24, 2.45) is 0 Å². The highest BCUT2D eigenvalue weighted by atomic mass is 32.2. The number of hydrogen-bond acceptors (Lipinski definition) is 5. The predicted molar refractivity (Wildman–Crippen MR) is 90.7 cm³/mol. The summed E-state index contributed by atoms with van der Waals surface area (Å²) in [4.78, 5) is 26.0. The van der Waals surface area contributed by atoms with Crippen LogP contribution in [0.15, 0.2) is 24.3 Å². The van der Waals surface area contributed by atoms with Crippen molar-refractivity contribution in [1.29, 1.82) is 0 Å². The van der Waals surface area contributed by atoms with Crippen LogP contribution in [0.3, 0.4) is 0 Å². The lowest BCUT2D eigenvalue weighted by molar-refractivity contribution is -0.135. The number of rotatable bonds is 6. The minimum atomic E-state index is -3.08. The van der Waals surface area contributed by atoms with Crippen LogP contribution >= 0.6 is 0 Å². The van der Waals surface area contributed by atoms with E-state index in [1.165, 1.54) is 12.0 Å². The highest BCUT2D eigenvalue weighted by Gasteiger charge is 2.34. The molecule has 0 aliphatic carbocycles. The molecule has 1 aromatic rings. The number of hydrogen-bond donors (Lipinski definition) is 1. The van der Waals surface area contributed by atoms with Gasteiger partial charge in [-0.2, -0.15) is 0 Å². The van der Waals surface area contributed by atoms with Crippen molar-refractivity contribution in [2.75, 3.05) is 30.5 Å². The van der Waals surface area contributed by atoms with Crippen molar-refractivity contribution in [2.45, 2.75) is 25.8 Å². The quantitative estimate of drug-likeness (QED) is 0.771. The average molecular weight is 354 g/mol. The molecule has 0 bridgehead atoms. The zero-order valence-corrected chi connectivity index (χ0v) is 14.6. The van der Waals surface area contributed by atoms with Crippen molar-refractivity contribution >= 4 is 27.3 Å². The summed E-state index contributed by atoms with van der Waals surface area (Å²) in [7, 11) is -1.59. The fraction of sp³-hybridized carbons (Fsp3) is 0.500. The Kier molecular flexibility index (Phi) is 5.82. The van der Waals surface area contributed by atoms with E-state index in [4.69, 9.17) is 4.74 Å². The Labute approximate surface area is 141 Å². The minimum Gasteiger partial charge on any atom is -0.495 e. The number of nitrogens with one attached hydrogen (secondary N) is 1. The van der Waals surface area contributed by atoms with Gasteiger partial charge in [0.2, 0.25) is 11.8 Å². The number of sulfone groups is 1. The van der Waals surface area contributed by atoms with Crippen LogP contribution in [0, 0.1) is 0 Å². The molecule has 24 heavy (non-hydrogen) atoms. The molecular formula is C16H22N2O5S. The normalized spacial score (nSPS) is 18.8. The van der Waals surface area contributed by atoms with Gasteiger partial charge < -0.3 is 15.0 Å². The first-order valence-electron chi connectivity index (χ1n) is 7.79. The molecule has 1 N–H and O–H groups in total. The van der Waals surface area contributed by atoms with Crippen LogP contribution in [0.4, 0.5) is 5.69 Å². The van der Waals surface area contributed by atoms with Crippen LogP contribution in [0.1, 0.15) is 19.8 Å². The van der Waals surface area contributed by atoms with E-state index in [2.05, 4.69) is 5.32 Å². The molecule has 1 unspecified atom stereocenters. The van der Waals surface area contributed by atoms with Crippen molar-refractivity contribution in [3.05, 3.63) is 24.3 Å². The van der Waals surface area contributed by atoms with Gasteiger partial charge in [0.25, 0.3) is 0 Å². The van der Waals surface area contributed by atoms with Gasteiger partial charge in [-0.15, -0.1) is 0 Å². The van der Waals surface area contributed by atoms with E-state index in [1.807, 2.05) is 0 Å². The maximum absolute atomic E-state index is 12.4. The molecule has 1 heterocycles. The van der Waals surface area contributed by atoms with E-state index >= 15 is 0 Å². The summed E-state index contributed by atoms with van der Waals surface area (Å²) < 4.78 is 28.3. The average Bonchev–Trinajstić information content (AvgIpc) is 2.88. The Morgan fingerprint density at radius 1 is 1.33 bits per heavy atom. The second-order valence-electron chi connectivity index (χ2n) is 5.66. The first-order chi connectivity index (χ1) is 11.4. The molecule has 8 heteroatoms. The second kappa shape index (κ2) is 7.65. The summed E-state index contributed by atoms with van der Waals surface area (Å²) in [5, 5.41) is 2.65. The summed E-state index contributed by atoms with van der Waals surface area (Å²) in [6.45, 7) is 2.15. The number of ether oxygens (including phenoxy) is 1. The number of carbonyl (C=O) groups excluding carboxylic acids is 2. The van der Waals surface area contributed by atoms with Gasteiger partial charge in [0.05, 0.1) is 24.3 Å². The molecule has 0 radical (unpaired) electrons. The van der Waals surface area contributed by atoms with Crippen LogP contribution in [0.2, 0.25) is 0 Å². The van der Waals surface area contributed by atoms with Crippen molar-refractivity contribution in [1.82, 2.24) is 4.90 Å². The van der Waals surface area contributed by atoms with Crippen LogP contribution in [0.5, 0.6) is 5.75 Å². The van der Waals surface area contributed by atoms with E-state index < -0.39 is 15.7 Å². The highest BCUT2D eigenvalue weighted by molar-refractivity contribution is 7.91. The molecular weight excluding hydrogens is 332 g/mol. The molecule has 0 spiro atoms. The number of para-hydroxylation sites is 2. The van der Waals surface area contributed by atoms with Crippen LogP contribution in [-0.2, 0) is 19.4 Å². The smallest absolute Gasteiger partial charge is 0.233 e. The third-order valence-corrected chi connectivity index (χ3v) is 5.75. The standard InChI is InChI=1S/C16H22N2O5S/c1-3-18(12-8-9-24(21,22)11-12)16(20)10-15(19)17-13-6-4-5-7-14(13)23-2/h4-7,12H,3,8-11H2,1-2H3,(H,17,19). The SMILES string of the molecule is CCN(C(=O)CC(=O)Nc1ccccc1OC)C1CCS(=O)(=O)C1. The zero-order chi connectivity index (χ0) is 17.7. The van der Waals surface area contributed by atoms with Gasteiger partial charge in [0, 0.05) is 12.6 Å². The minimum absolute atomic E-state index is 0.0271. The third kappa shape index (κ3) is 4.47. The van der Waals surface area contributed by atoms with Crippen LogP contribution < -0.4 is 10.1 Å². The predicted octanol–water partition coefficient (Wildman–Crippen LogP) is 1.06. The molecule has 1 aliphatic rings. The number of benzene rings is 1. The molecule has 2 rings (SSSR count). The van der Waals surface area contributed by atoms with Crippen molar-refractivity contribution in [3.8, 4) is 5.75 Å². The fourth-order valence-corrected chi connectivity index (χ4v) is 4.57. The maximum Gasteiger partial charge on any atom is 0.233 e. The number of amides is 2. The van der Waals surface area contributed by atoms with E-state index in [0.29, 0.717) is 24.4 Å². The van der Waals surface area contributed by atoms with E-state index in [9.17, 15) is 18.0 Å². The molecule has 1 fully saturated rings. The van der Waals surface area contributed by atoms with E-state index in [-0.39, 0.29) is 29.9 Å². The van der Waals surface area contributed by atoms with Crippen molar-refractivity contribution in [3.63, 3.8) is 0 Å². The molecule has 7 nitrogen and oxygen atoms in total. The van der Waals surface area contributed by atoms with E-state index in [1.54, 1.807) is 31.2 Å². The van der Waals surface area contributed by atoms with Gasteiger partial charge in [0.1, 0.15) is 12.2 Å². The topological polar surface area (TPSA) is 92.8 Å². The Balaban J connectivity index is 1.98. The summed E-state index contributed by atoms with van der Waals surface area (Å²) in [6, 6.07) is 6.58. The Morgan fingerprint density at radius 3 is 2.62 bits per heavy atom. The summed E-state index contributed by atoms with van der Waals surface area (Å²) in [6.07, 6.45) is 0.0957. The number of nitrogens with zero attached hydrogens (tertiary/aromatic N) is 1. The van der Waals surface area contributed by atoms with Gasteiger partial charge in [-0.25, -0.2) is 8.42 Å². The van der Waals surface area contributed by atoms with Gasteiger partial charge in [-0.1, -0.05) is 12.1 Å². The van der Waals surface area contributed by atoms with Crippen LogP contribution in [0.25, 0.3) is 0 Å². The molecule has 1 atom stereocenters. The van der Waals surface area contributed by atoms with Crippen molar-refractivity contribution < 1.29 is 22.7 Å². The number of carbonyl (C=O) groups is 2. The van der Waals surface area contributed by atoms with Gasteiger partial charge in [0.15, 0.2) is 9.84 Å². The first-order valence-corrected chi connectivity index (χ1v) is 9.61. The Hall–Kier alpha value is -2.09. The van der Waals surface area contributed by atoms with Gasteiger partial charge >= 0.3 is 0 Å². The maximum atomic E-state index is 12.4. The number of methoxy groups -OCH3 is 1. The zero-order valence-electron chi connectivity index (χ0n) is 13.8. The Morgan fingerprint density at radius 2 is 2.04 bits per heavy atom. The molecule has 2 amide bonds. The Bertz CT molecular complexity index is 717. The summed E-state index contributed by atoms with van der Waals surface area (Å²) in [5.74, 6) is -0.251. The van der Waals surface area contributed by atoms with Gasteiger partial charge in [-0.05, 0) is 25.5 Å². The summed E-state index contributed by atoms with van der Waals surface area (Å²) in [5.41, 5.74) is 0.490. The second-order valence-corrected chi connectivity index (χ2v) is 7.89.